The minimum atomic E-state index is 0.601. The van der Waals surface area contributed by atoms with Crippen LogP contribution in [0.1, 0.15) is 17.9 Å². The Kier molecular flexibility index (Phi) is 1.77. The van der Waals surface area contributed by atoms with Crippen molar-refractivity contribution in [1.82, 2.24) is 10.5 Å². The number of hydrogen-bond donors (Lipinski definition) is 1. The molecule has 1 N–H and O–H groups in total. The summed E-state index contributed by atoms with van der Waals surface area (Å²) >= 11 is 0. The van der Waals surface area contributed by atoms with Crippen LogP contribution < -0.4 is 5.32 Å². The highest BCUT2D eigenvalue weighted by molar-refractivity contribution is 5.81. The minimum Gasteiger partial charge on any atom is -0.363 e. The Balaban J connectivity index is 2.14. The van der Waals surface area contributed by atoms with Gasteiger partial charge in [-0.2, -0.15) is 0 Å². The van der Waals surface area contributed by atoms with Crippen LogP contribution in [0, 0.1) is 0 Å². The molecule has 1 aromatic carbocycles. The van der Waals surface area contributed by atoms with Gasteiger partial charge in [-0.1, -0.05) is 17.3 Å². The first kappa shape index (κ1) is 8.00. The monoisotopic (exact) mass is 188 g/mol. The van der Waals surface area contributed by atoms with Crippen molar-refractivity contribution in [3.8, 4) is 0 Å². The fourth-order valence-electron chi connectivity index (χ4n) is 2.17. The molecule has 0 spiro atoms. The number of hydrogen-bond acceptors (Lipinski definition) is 3. The summed E-state index contributed by atoms with van der Waals surface area (Å²) in [7, 11) is 0. The van der Waals surface area contributed by atoms with Crippen molar-refractivity contribution in [3.63, 3.8) is 0 Å². The second-order valence-electron chi connectivity index (χ2n) is 3.79. The first-order chi connectivity index (χ1) is 6.95. The van der Waals surface area contributed by atoms with Crippen LogP contribution in [0.15, 0.2) is 29.0 Å². The molecule has 1 atom stereocenters. The van der Waals surface area contributed by atoms with E-state index in [1.807, 2.05) is 6.07 Å². The van der Waals surface area contributed by atoms with Crippen molar-refractivity contribution < 1.29 is 4.52 Å². The molecule has 1 fully saturated rings. The Morgan fingerprint density at radius 1 is 1.43 bits per heavy atom. The second-order valence-corrected chi connectivity index (χ2v) is 3.79. The molecule has 0 amide bonds. The molecule has 0 aliphatic carbocycles. The van der Waals surface area contributed by atoms with E-state index in [0.29, 0.717) is 5.92 Å². The van der Waals surface area contributed by atoms with E-state index in [-0.39, 0.29) is 0 Å². The molecule has 2 aromatic rings. The molecule has 1 aliphatic heterocycles. The summed E-state index contributed by atoms with van der Waals surface area (Å²) in [6.07, 6.45) is 2.91. The van der Waals surface area contributed by atoms with E-state index < -0.39 is 0 Å². The lowest BCUT2D eigenvalue weighted by atomic mass is 9.96. The van der Waals surface area contributed by atoms with Crippen LogP contribution in [-0.2, 0) is 0 Å². The fraction of sp³-hybridized carbons (Fsp3) is 0.364. The van der Waals surface area contributed by atoms with Crippen LogP contribution in [0.2, 0.25) is 0 Å². The minimum absolute atomic E-state index is 0.601. The van der Waals surface area contributed by atoms with E-state index in [2.05, 4.69) is 22.6 Å². The van der Waals surface area contributed by atoms with Gasteiger partial charge in [-0.05, 0) is 30.5 Å². The Hall–Kier alpha value is -1.35. The summed E-state index contributed by atoms with van der Waals surface area (Å²) in [5.74, 6) is 0.601. The third-order valence-electron chi connectivity index (χ3n) is 2.92. The lowest BCUT2D eigenvalue weighted by molar-refractivity contribution is 0.427. The topological polar surface area (TPSA) is 38.1 Å². The Morgan fingerprint density at radius 2 is 2.43 bits per heavy atom. The van der Waals surface area contributed by atoms with E-state index in [0.717, 1.165) is 24.0 Å². The quantitative estimate of drug-likeness (QED) is 0.742. The van der Waals surface area contributed by atoms with Crippen LogP contribution >= 0.6 is 0 Å². The largest absolute Gasteiger partial charge is 0.363 e. The maximum absolute atomic E-state index is 4.99. The fourth-order valence-corrected chi connectivity index (χ4v) is 2.17. The van der Waals surface area contributed by atoms with Crippen molar-refractivity contribution in [2.24, 2.45) is 0 Å². The summed E-state index contributed by atoms with van der Waals surface area (Å²) < 4.78 is 4.99. The number of rotatable bonds is 1. The predicted molar refractivity (Wildman–Crippen MR) is 54.2 cm³/mol. The zero-order valence-electron chi connectivity index (χ0n) is 7.86. The average Bonchev–Trinajstić information content (AvgIpc) is 2.88. The van der Waals surface area contributed by atoms with Gasteiger partial charge in [0.05, 0.1) is 0 Å². The molecule has 1 saturated heterocycles. The molecule has 14 heavy (non-hydrogen) atoms. The summed E-state index contributed by atoms with van der Waals surface area (Å²) in [4.78, 5) is 0. The van der Waals surface area contributed by atoms with Crippen molar-refractivity contribution in [3.05, 3.63) is 30.0 Å². The van der Waals surface area contributed by atoms with Crippen LogP contribution in [0.4, 0.5) is 0 Å². The van der Waals surface area contributed by atoms with Crippen LogP contribution in [0.3, 0.4) is 0 Å². The first-order valence-corrected chi connectivity index (χ1v) is 4.99. The van der Waals surface area contributed by atoms with Gasteiger partial charge in [-0.25, -0.2) is 0 Å². The molecular weight excluding hydrogens is 176 g/mol. The number of benzene rings is 1. The zero-order valence-corrected chi connectivity index (χ0v) is 7.86. The lowest BCUT2D eigenvalue weighted by Crippen LogP contribution is -2.08. The van der Waals surface area contributed by atoms with E-state index in [1.54, 1.807) is 6.26 Å². The molecule has 0 bridgehead atoms. The highest BCUT2D eigenvalue weighted by Gasteiger charge is 2.19. The Bertz CT molecular complexity index is 443. The zero-order chi connectivity index (χ0) is 9.38. The summed E-state index contributed by atoms with van der Waals surface area (Å²) in [6.45, 7) is 2.17. The molecule has 72 valence electrons. The molecule has 0 radical (unpaired) electrons. The summed E-state index contributed by atoms with van der Waals surface area (Å²) in [5, 5.41) is 8.54. The van der Waals surface area contributed by atoms with E-state index in [1.165, 1.54) is 12.0 Å². The molecule has 3 nitrogen and oxygen atoms in total. The van der Waals surface area contributed by atoms with Crippen LogP contribution in [0.25, 0.3) is 10.9 Å². The van der Waals surface area contributed by atoms with Gasteiger partial charge < -0.3 is 9.84 Å². The van der Waals surface area contributed by atoms with Crippen LogP contribution in [-0.4, -0.2) is 18.2 Å². The van der Waals surface area contributed by atoms with Gasteiger partial charge in [0.25, 0.3) is 0 Å². The van der Waals surface area contributed by atoms with Gasteiger partial charge in [-0.15, -0.1) is 0 Å². The second kappa shape index (κ2) is 3.10. The van der Waals surface area contributed by atoms with E-state index >= 15 is 0 Å². The molecule has 0 saturated carbocycles. The van der Waals surface area contributed by atoms with E-state index in [4.69, 9.17) is 4.52 Å². The summed E-state index contributed by atoms with van der Waals surface area (Å²) in [6, 6.07) is 6.27. The highest BCUT2D eigenvalue weighted by Crippen LogP contribution is 2.28. The maximum atomic E-state index is 4.99. The van der Waals surface area contributed by atoms with E-state index in [9.17, 15) is 0 Å². The smallest absolute Gasteiger partial charge is 0.131 e. The normalized spacial score (nSPS) is 21.9. The Labute approximate surface area is 82.1 Å². The number of nitrogens with zero attached hydrogens (tertiary/aromatic N) is 1. The van der Waals surface area contributed by atoms with Crippen molar-refractivity contribution in [1.29, 1.82) is 0 Å². The molecule has 1 aromatic heterocycles. The molecule has 1 unspecified atom stereocenters. The number of fused-ring (bicyclic) bond motifs is 1. The maximum Gasteiger partial charge on any atom is 0.131 e. The third-order valence-corrected chi connectivity index (χ3v) is 2.92. The first-order valence-electron chi connectivity index (χ1n) is 4.99. The van der Waals surface area contributed by atoms with Gasteiger partial charge in [0.15, 0.2) is 0 Å². The molecule has 1 aliphatic rings. The molecule has 3 rings (SSSR count). The number of nitrogens with one attached hydrogen (secondary N) is 1. The van der Waals surface area contributed by atoms with Gasteiger partial charge in [0.2, 0.25) is 0 Å². The number of aromatic nitrogens is 1. The molecule has 2 heterocycles. The SMILES string of the molecule is c1cc(C2CCNC2)c2nocc2c1. The molecule has 3 heteroatoms. The van der Waals surface area contributed by atoms with Gasteiger partial charge >= 0.3 is 0 Å². The van der Waals surface area contributed by atoms with Crippen molar-refractivity contribution >= 4 is 10.9 Å². The highest BCUT2D eigenvalue weighted by atomic mass is 16.5. The van der Waals surface area contributed by atoms with Crippen LogP contribution in [0.5, 0.6) is 0 Å². The van der Waals surface area contributed by atoms with Gasteiger partial charge in [-0.3, -0.25) is 0 Å². The predicted octanol–water partition coefficient (Wildman–Crippen LogP) is 1.90. The van der Waals surface area contributed by atoms with Gasteiger partial charge in [0.1, 0.15) is 11.8 Å². The van der Waals surface area contributed by atoms with Crippen molar-refractivity contribution in [2.75, 3.05) is 13.1 Å². The Morgan fingerprint density at radius 3 is 3.29 bits per heavy atom. The lowest BCUT2D eigenvalue weighted by Gasteiger charge is -2.07. The molecular formula is C11H12N2O. The third kappa shape index (κ3) is 1.13. The van der Waals surface area contributed by atoms with Crippen molar-refractivity contribution in [2.45, 2.75) is 12.3 Å². The standard InChI is InChI=1S/C11H12N2O/c1-2-9-7-14-13-11(9)10(3-1)8-4-5-12-6-8/h1-3,7-8,12H,4-6H2. The average molecular weight is 188 g/mol. The van der Waals surface area contributed by atoms with Gasteiger partial charge in [0, 0.05) is 11.9 Å². The summed E-state index contributed by atoms with van der Waals surface area (Å²) in [5.41, 5.74) is 2.35.